The highest BCUT2D eigenvalue weighted by molar-refractivity contribution is 6.63. The van der Waals surface area contributed by atoms with Gasteiger partial charge in [-0.25, -0.2) is 0 Å². The summed E-state index contributed by atoms with van der Waals surface area (Å²) in [6.07, 6.45) is 4.96. The highest BCUT2D eigenvalue weighted by Crippen LogP contribution is 2.28. The van der Waals surface area contributed by atoms with Gasteiger partial charge in [0.2, 0.25) is 0 Å². The number of imide groups is 1. The van der Waals surface area contributed by atoms with Gasteiger partial charge in [-0.2, -0.15) is 0 Å². The van der Waals surface area contributed by atoms with E-state index in [0.717, 1.165) is 37.7 Å². The van der Waals surface area contributed by atoms with Gasteiger partial charge in [0, 0.05) is 11.1 Å². The van der Waals surface area contributed by atoms with Crippen LogP contribution in [-0.2, 0) is 16.1 Å². The van der Waals surface area contributed by atoms with Gasteiger partial charge < -0.3 is 0 Å². The molecule has 1 aromatic carbocycles. The Bertz CT molecular complexity index is 654. The van der Waals surface area contributed by atoms with Crippen LogP contribution < -0.4 is 0 Å². The quantitative estimate of drug-likeness (QED) is 0.616. The first-order valence-corrected chi connectivity index (χ1v) is 8.70. The number of alkyl halides is 1. The van der Waals surface area contributed by atoms with Gasteiger partial charge in [-0.15, -0.1) is 11.6 Å². The summed E-state index contributed by atoms with van der Waals surface area (Å²) in [5.41, 5.74) is 0.948. The maximum atomic E-state index is 12.6. The van der Waals surface area contributed by atoms with E-state index in [9.17, 15) is 9.59 Å². The fourth-order valence-electron chi connectivity index (χ4n) is 3.20. The molecule has 1 aromatic rings. The van der Waals surface area contributed by atoms with Gasteiger partial charge in [0.25, 0.3) is 11.8 Å². The van der Waals surface area contributed by atoms with E-state index in [2.05, 4.69) is 4.99 Å². The smallest absolute Gasteiger partial charge is 0.276 e. The predicted octanol–water partition coefficient (Wildman–Crippen LogP) is 3.59. The van der Waals surface area contributed by atoms with Gasteiger partial charge in [-0.05, 0) is 24.5 Å². The molecule has 1 heterocycles. The molecule has 2 fully saturated rings. The number of rotatable bonds is 3. The number of aliphatic imine (C=N–C) groups is 1. The number of carbonyl (C=O) groups excluding carboxylic acids is 2. The number of benzene rings is 1. The Morgan fingerprint density at radius 1 is 1.13 bits per heavy atom. The Balaban J connectivity index is 1.80. The Morgan fingerprint density at radius 3 is 2.52 bits per heavy atom. The predicted molar refractivity (Wildman–Crippen MR) is 91.0 cm³/mol. The molecule has 122 valence electrons. The zero-order chi connectivity index (χ0) is 16.4. The molecule has 1 aliphatic carbocycles. The van der Waals surface area contributed by atoms with Crippen LogP contribution in [0.15, 0.2) is 29.3 Å². The number of halogens is 2. The number of likely N-dealkylation sites (tertiary alicyclic amines) is 1. The fourth-order valence-corrected chi connectivity index (χ4v) is 3.66. The normalized spacial score (nSPS) is 24.7. The second-order valence-electron chi connectivity index (χ2n) is 5.96. The van der Waals surface area contributed by atoms with Gasteiger partial charge in [0.1, 0.15) is 5.71 Å². The molecule has 0 radical (unpaired) electrons. The number of nitrogens with zero attached hydrogens (tertiary/aromatic N) is 2. The second-order valence-corrected chi connectivity index (χ2v) is 6.80. The lowest BCUT2D eigenvalue weighted by Gasteiger charge is -2.29. The summed E-state index contributed by atoms with van der Waals surface area (Å²) in [6.45, 7) is 0.246. The summed E-state index contributed by atoms with van der Waals surface area (Å²) in [5.74, 6) is -0.671. The van der Waals surface area contributed by atoms with Crippen LogP contribution in [0.2, 0.25) is 5.02 Å². The third-order valence-corrected chi connectivity index (χ3v) is 5.21. The fraction of sp³-hybridized carbons (Fsp3) is 0.471. The minimum absolute atomic E-state index is 0.0296. The first-order valence-electron chi connectivity index (χ1n) is 7.89. The molecule has 0 aromatic heterocycles. The van der Waals surface area contributed by atoms with Crippen molar-refractivity contribution in [3.63, 3.8) is 0 Å². The minimum atomic E-state index is -0.980. The largest absolute Gasteiger partial charge is 0.277 e. The van der Waals surface area contributed by atoms with Gasteiger partial charge in [-0.3, -0.25) is 19.5 Å². The van der Waals surface area contributed by atoms with Crippen molar-refractivity contribution in [2.45, 2.75) is 50.1 Å². The second kappa shape index (κ2) is 7.02. The van der Waals surface area contributed by atoms with Crippen molar-refractivity contribution in [1.29, 1.82) is 0 Å². The molecule has 1 aliphatic heterocycles. The monoisotopic (exact) mass is 352 g/mol. The van der Waals surface area contributed by atoms with E-state index < -0.39 is 5.38 Å². The number of carbonyl (C=O) groups is 2. The van der Waals surface area contributed by atoms with Crippen LogP contribution in [-0.4, -0.2) is 33.8 Å². The molecule has 0 N–H and O–H groups in total. The summed E-state index contributed by atoms with van der Waals surface area (Å²) in [5, 5.41) is -0.393. The van der Waals surface area contributed by atoms with Crippen LogP contribution in [0.4, 0.5) is 0 Å². The van der Waals surface area contributed by atoms with Crippen molar-refractivity contribution in [3.05, 3.63) is 34.9 Å². The summed E-state index contributed by atoms with van der Waals surface area (Å²) in [4.78, 5) is 30.6. The summed E-state index contributed by atoms with van der Waals surface area (Å²) >= 11 is 12.3. The molecule has 0 bridgehead atoms. The molecule has 1 saturated heterocycles. The van der Waals surface area contributed by atoms with Crippen molar-refractivity contribution in [2.75, 3.05) is 0 Å². The van der Waals surface area contributed by atoms with E-state index in [0.29, 0.717) is 5.02 Å². The first kappa shape index (κ1) is 16.5. The van der Waals surface area contributed by atoms with Crippen LogP contribution in [0.5, 0.6) is 0 Å². The van der Waals surface area contributed by atoms with Crippen molar-refractivity contribution in [3.8, 4) is 0 Å². The summed E-state index contributed by atoms with van der Waals surface area (Å²) < 4.78 is 0. The highest BCUT2D eigenvalue weighted by atomic mass is 35.5. The zero-order valence-corrected chi connectivity index (χ0v) is 14.2. The van der Waals surface area contributed by atoms with E-state index in [1.54, 1.807) is 6.07 Å². The van der Waals surface area contributed by atoms with Crippen molar-refractivity contribution < 1.29 is 9.59 Å². The van der Waals surface area contributed by atoms with E-state index in [-0.39, 0.29) is 30.1 Å². The van der Waals surface area contributed by atoms with Crippen LogP contribution in [0.1, 0.15) is 37.7 Å². The molecule has 1 saturated carbocycles. The summed E-state index contributed by atoms with van der Waals surface area (Å²) in [7, 11) is 0. The molecule has 0 spiro atoms. The number of hydrogen-bond donors (Lipinski definition) is 0. The molecule has 2 amide bonds. The maximum Gasteiger partial charge on any atom is 0.276 e. The lowest BCUT2D eigenvalue weighted by molar-refractivity contribution is -0.140. The average molecular weight is 353 g/mol. The Morgan fingerprint density at radius 2 is 1.83 bits per heavy atom. The van der Waals surface area contributed by atoms with E-state index >= 15 is 0 Å². The zero-order valence-electron chi connectivity index (χ0n) is 12.7. The first-order chi connectivity index (χ1) is 11.1. The Kier molecular flexibility index (Phi) is 5.02. The van der Waals surface area contributed by atoms with Gasteiger partial charge in [-0.1, -0.05) is 49.1 Å². The van der Waals surface area contributed by atoms with E-state index in [1.165, 1.54) is 4.90 Å². The lowest BCUT2D eigenvalue weighted by atomic mass is 9.94. The molecule has 3 rings (SSSR count). The molecular formula is C17H18Cl2N2O2. The van der Waals surface area contributed by atoms with Gasteiger partial charge >= 0.3 is 0 Å². The van der Waals surface area contributed by atoms with Crippen molar-refractivity contribution >= 4 is 40.7 Å². The molecule has 23 heavy (non-hydrogen) atoms. The topological polar surface area (TPSA) is 49.7 Å². The molecule has 2 aliphatic rings. The van der Waals surface area contributed by atoms with Crippen LogP contribution >= 0.6 is 23.2 Å². The van der Waals surface area contributed by atoms with E-state index in [4.69, 9.17) is 23.2 Å². The standard InChI is InChI=1S/C17H18Cl2N2O2/c18-13-9-5-4-6-11(13)10-20-15-14(19)16(22)21(17(15)23)12-7-2-1-3-8-12/h4-6,9,12,14H,1-3,7-8,10H2. The number of amides is 2. The molecule has 1 atom stereocenters. The SMILES string of the molecule is O=C1C(=NCc2ccccc2Cl)C(Cl)C(=O)N1C1CCCCC1. The van der Waals surface area contributed by atoms with E-state index in [1.807, 2.05) is 18.2 Å². The molecule has 6 heteroatoms. The Hall–Kier alpha value is -1.39. The number of hydrogen-bond acceptors (Lipinski definition) is 3. The third kappa shape index (κ3) is 3.29. The molecule has 4 nitrogen and oxygen atoms in total. The van der Waals surface area contributed by atoms with Crippen LogP contribution in [0.3, 0.4) is 0 Å². The molecular weight excluding hydrogens is 335 g/mol. The maximum absolute atomic E-state index is 12.6. The van der Waals surface area contributed by atoms with Crippen LogP contribution in [0.25, 0.3) is 0 Å². The highest BCUT2D eigenvalue weighted by Gasteiger charge is 2.46. The third-order valence-electron chi connectivity index (χ3n) is 4.45. The Labute approximate surface area is 145 Å². The average Bonchev–Trinajstić information content (AvgIpc) is 2.78. The lowest BCUT2D eigenvalue weighted by Crippen LogP contribution is -2.42. The van der Waals surface area contributed by atoms with Crippen molar-refractivity contribution in [1.82, 2.24) is 4.90 Å². The van der Waals surface area contributed by atoms with Crippen molar-refractivity contribution in [2.24, 2.45) is 4.99 Å². The van der Waals surface area contributed by atoms with Gasteiger partial charge in [0.05, 0.1) is 6.54 Å². The van der Waals surface area contributed by atoms with Crippen LogP contribution in [0, 0.1) is 0 Å². The summed E-state index contributed by atoms with van der Waals surface area (Å²) in [6, 6.07) is 7.27. The minimum Gasteiger partial charge on any atom is -0.277 e. The molecule has 1 unspecified atom stereocenters. The van der Waals surface area contributed by atoms with Gasteiger partial charge in [0.15, 0.2) is 5.38 Å².